The van der Waals surface area contributed by atoms with Crippen molar-refractivity contribution >= 4 is 17.2 Å². The highest BCUT2D eigenvalue weighted by Crippen LogP contribution is 2.22. The zero-order valence-corrected chi connectivity index (χ0v) is 17.7. The summed E-state index contributed by atoms with van der Waals surface area (Å²) >= 11 is 0. The Morgan fingerprint density at radius 3 is 2.60 bits per heavy atom. The van der Waals surface area contributed by atoms with Gasteiger partial charge in [0.05, 0.1) is 11.4 Å². The molecule has 1 aliphatic heterocycles. The van der Waals surface area contributed by atoms with E-state index < -0.39 is 0 Å². The Bertz CT molecular complexity index is 1120. The van der Waals surface area contributed by atoms with Crippen molar-refractivity contribution in [3.05, 3.63) is 63.5 Å². The summed E-state index contributed by atoms with van der Waals surface area (Å²) in [5, 5.41) is 2.61. The highest BCUT2D eigenvalue weighted by molar-refractivity contribution is 5.92. The summed E-state index contributed by atoms with van der Waals surface area (Å²) in [4.78, 5) is 36.2. The fourth-order valence-electron chi connectivity index (χ4n) is 4.07. The number of anilines is 1. The molecule has 4 rings (SSSR count). The van der Waals surface area contributed by atoms with Crippen molar-refractivity contribution in [3.63, 3.8) is 0 Å². The number of nitrogens with zero attached hydrogens (tertiary/aromatic N) is 4. The largest absolute Gasteiger partial charge is 0.368 e. The lowest BCUT2D eigenvalue weighted by molar-refractivity contribution is 0.0958. The van der Waals surface area contributed by atoms with Crippen molar-refractivity contribution in [2.24, 2.45) is 0 Å². The molecule has 2 N–H and O–H groups in total. The predicted octanol–water partition coefficient (Wildman–Crippen LogP) is 1.58. The van der Waals surface area contributed by atoms with Gasteiger partial charge >= 0.3 is 0 Å². The highest BCUT2D eigenvalue weighted by Gasteiger charge is 2.21. The Kier molecular flexibility index (Phi) is 5.59. The van der Waals surface area contributed by atoms with Gasteiger partial charge < -0.3 is 19.6 Å². The number of amides is 1. The van der Waals surface area contributed by atoms with E-state index in [0.29, 0.717) is 5.69 Å². The minimum Gasteiger partial charge on any atom is -0.368 e. The molecular weight excluding hydrogens is 380 g/mol. The Morgan fingerprint density at radius 1 is 1.17 bits per heavy atom. The average molecular weight is 409 g/mol. The van der Waals surface area contributed by atoms with Gasteiger partial charge in [-0.15, -0.1) is 0 Å². The highest BCUT2D eigenvalue weighted by atomic mass is 16.1. The van der Waals surface area contributed by atoms with Crippen molar-refractivity contribution < 1.29 is 4.79 Å². The number of rotatable bonds is 5. The van der Waals surface area contributed by atoms with Crippen LogP contribution in [-0.2, 0) is 13.0 Å². The van der Waals surface area contributed by atoms with Crippen LogP contribution < -0.4 is 15.8 Å². The molecule has 8 nitrogen and oxygen atoms in total. The fourth-order valence-corrected chi connectivity index (χ4v) is 4.07. The molecule has 1 fully saturated rings. The zero-order valence-electron chi connectivity index (χ0n) is 17.7. The Morgan fingerprint density at radius 2 is 1.93 bits per heavy atom. The molecule has 0 saturated carbocycles. The van der Waals surface area contributed by atoms with Gasteiger partial charge in [-0.2, -0.15) is 0 Å². The molecular formula is C22H28N6O2. The van der Waals surface area contributed by atoms with E-state index in [2.05, 4.69) is 31.2 Å². The van der Waals surface area contributed by atoms with Crippen LogP contribution in [0, 0.1) is 6.92 Å². The van der Waals surface area contributed by atoms with E-state index in [4.69, 9.17) is 0 Å². The maximum absolute atomic E-state index is 12.2. The number of hydrogen-bond acceptors (Lipinski definition) is 5. The summed E-state index contributed by atoms with van der Waals surface area (Å²) < 4.78 is 2.01. The van der Waals surface area contributed by atoms with Crippen molar-refractivity contribution in [1.82, 2.24) is 24.6 Å². The smallest absolute Gasteiger partial charge is 0.269 e. The van der Waals surface area contributed by atoms with Gasteiger partial charge in [-0.1, -0.05) is 6.92 Å². The number of hydrogen-bond donors (Lipinski definition) is 2. The van der Waals surface area contributed by atoms with Crippen molar-refractivity contribution in [2.75, 3.05) is 38.1 Å². The molecule has 0 bridgehead atoms. The van der Waals surface area contributed by atoms with E-state index in [0.717, 1.165) is 67.3 Å². The van der Waals surface area contributed by atoms with Gasteiger partial charge in [-0.3, -0.25) is 14.5 Å². The van der Waals surface area contributed by atoms with Gasteiger partial charge in [0.1, 0.15) is 11.3 Å². The topological polar surface area (TPSA) is 85.7 Å². The Balaban J connectivity index is 1.43. The quantitative estimate of drug-likeness (QED) is 0.669. The molecule has 158 valence electrons. The third-order valence-corrected chi connectivity index (χ3v) is 5.82. The number of aromatic amines is 1. The number of aromatic nitrogens is 3. The number of carbonyl (C=O) groups excluding carboxylic acids is 1. The van der Waals surface area contributed by atoms with Crippen LogP contribution in [0.2, 0.25) is 0 Å². The summed E-state index contributed by atoms with van der Waals surface area (Å²) in [5.74, 6) is -0.168. The lowest BCUT2D eigenvalue weighted by Gasteiger charge is -2.36. The van der Waals surface area contributed by atoms with E-state index in [9.17, 15) is 9.59 Å². The van der Waals surface area contributed by atoms with Crippen LogP contribution in [0.3, 0.4) is 0 Å². The maximum Gasteiger partial charge on any atom is 0.269 e. The first-order valence-electron chi connectivity index (χ1n) is 10.4. The molecule has 3 aromatic heterocycles. The van der Waals surface area contributed by atoms with Crippen molar-refractivity contribution in [3.8, 4) is 0 Å². The van der Waals surface area contributed by atoms with Gasteiger partial charge in [-0.25, -0.2) is 4.98 Å². The van der Waals surface area contributed by atoms with E-state index in [-0.39, 0.29) is 11.5 Å². The van der Waals surface area contributed by atoms with E-state index >= 15 is 0 Å². The van der Waals surface area contributed by atoms with Crippen molar-refractivity contribution in [1.29, 1.82) is 0 Å². The summed E-state index contributed by atoms with van der Waals surface area (Å²) in [6, 6.07) is 5.85. The minimum atomic E-state index is -0.168. The number of nitrogens with one attached hydrogen (secondary N) is 2. The SMILES string of the molecule is CCc1cn2ccc(CN3CCN(c4ccc(C(=O)NC)nc4C)CC3)c2[nH]c1=O. The number of pyridine rings is 1. The van der Waals surface area contributed by atoms with E-state index in [1.54, 1.807) is 13.1 Å². The summed E-state index contributed by atoms with van der Waals surface area (Å²) in [6.45, 7) is 8.37. The lowest BCUT2D eigenvalue weighted by atomic mass is 10.2. The van der Waals surface area contributed by atoms with Crippen molar-refractivity contribution in [2.45, 2.75) is 26.8 Å². The normalized spacial score (nSPS) is 15.0. The van der Waals surface area contributed by atoms with Gasteiger partial charge in [0.25, 0.3) is 11.5 Å². The summed E-state index contributed by atoms with van der Waals surface area (Å²) in [7, 11) is 1.61. The van der Waals surface area contributed by atoms with Gasteiger partial charge in [0.15, 0.2) is 0 Å². The molecule has 1 amide bonds. The minimum absolute atomic E-state index is 0.00190. The molecule has 0 atom stereocenters. The van der Waals surface area contributed by atoms with Crippen LogP contribution in [0.5, 0.6) is 0 Å². The summed E-state index contributed by atoms with van der Waals surface area (Å²) in [6.07, 6.45) is 4.66. The van der Waals surface area contributed by atoms with Crippen LogP contribution in [0.25, 0.3) is 5.65 Å². The van der Waals surface area contributed by atoms with E-state index in [1.807, 2.05) is 36.7 Å². The second-order valence-corrected chi connectivity index (χ2v) is 7.70. The molecule has 1 aliphatic rings. The second kappa shape index (κ2) is 8.31. The molecule has 30 heavy (non-hydrogen) atoms. The van der Waals surface area contributed by atoms with Crippen LogP contribution >= 0.6 is 0 Å². The van der Waals surface area contributed by atoms with Crippen LogP contribution in [0.15, 0.2) is 35.4 Å². The molecule has 0 aliphatic carbocycles. The second-order valence-electron chi connectivity index (χ2n) is 7.70. The molecule has 0 radical (unpaired) electrons. The Hall–Kier alpha value is -3.13. The monoisotopic (exact) mass is 408 g/mol. The molecule has 1 saturated heterocycles. The predicted molar refractivity (Wildman–Crippen MR) is 117 cm³/mol. The molecule has 3 aromatic rings. The molecule has 8 heteroatoms. The maximum atomic E-state index is 12.2. The molecule has 4 heterocycles. The zero-order chi connectivity index (χ0) is 21.3. The number of aryl methyl sites for hydroxylation is 2. The first-order chi connectivity index (χ1) is 14.5. The van der Waals surface area contributed by atoms with Gasteiger partial charge in [-0.05, 0) is 31.5 Å². The first-order valence-corrected chi connectivity index (χ1v) is 10.4. The number of piperazine rings is 1. The fraction of sp³-hybridized carbons (Fsp3) is 0.409. The average Bonchev–Trinajstić information content (AvgIpc) is 3.14. The number of H-pyrrole nitrogens is 1. The van der Waals surface area contributed by atoms with E-state index in [1.165, 1.54) is 0 Å². The van der Waals surface area contributed by atoms with Gasteiger partial charge in [0, 0.05) is 63.3 Å². The molecule has 0 unspecified atom stereocenters. The van der Waals surface area contributed by atoms with Crippen LogP contribution in [0.4, 0.5) is 5.69 Å². The first kappa shape index (κ1) is 20.2. The van der Waals surface area contributed by atoms with Gasteiger partial charge in [0.2, 0.25) is 0 Å². The van der Waals surface area contributed by atoms with Crippen LogP contribution in [0.1, 0.15) is 34.2 Å². The number of carbonyl (C=O) groups is 1. The lowest BCUT2D eigenvalue weighted by Crippen LogP contribution is -2.46. The number of fused-ring (bicyclic) bond motifs is 1. The molecule has 0 aromatic carbocycles. The standard InChI is InChI=1S/C22H28N6O2/c1-4-16-14-28-8-7-17(20(28)25-21(16)29)13-26-9-11-27(12-10-26)19-6-5-18(22(30)23-3)24-15(19)2/h5-8,14H,4,9-13H2,1-3H3,(H,23,30)(H,25,29). The van der Waals surface area contributed by atoms with Crippen LogP contribution in [-0.4, -0.2) is 58.4 Å². The Labute approximate surface area is 175 Å². The third-order valence-electron chi connectivity index (χ3n) is 5.82. The molecule has 0 spiro atoms. The third kappa shape index (κ3) is 3.82. The summed E-state index contributed by atoms with van der Waals surface area (Å²) in [5.41, 5.74) is 5.20.